The van der Waals surface area contributed by atoms with Crippen molar-refractivity contribution >= 4 is 5.91 Å². The number of nitrogens with one attached hydrogen (secondary N) is 1. The number of aromatic nitrogens is 2. The number of nitrogens with zero attached hydrogens (tertiary/aromatic N) is 3. The average Bonchev–Trinajstić information content (AvgIpc) is 3.13. The van der Waals surface area contributed by atoms with Crippen molar-refractivity contribution in [3.63, 3.8) is 0 Å². The highest BCUT2D eigenvalue weighted by atomic mass is 16.2. The maximum atomic E-state index is 13.3. The molecule has 1 spiro atoms. The number of H-pyrrole nitrogens is 1. The van der Waals surface area contributed by atoms with Crippen molar-refractivity contribution in [1.82, 2.24) is 19.8 Å². The number of amides is 1. The van der Waals surface area contributed by atoms with E-state index in [0.29, 0.717) is 5.91 Å². The van der Waals surface area contributed by atoms with Crippen LogP contribution in [0.4, 0.5) is 0 Å². The van der Waals surface area contributed by atoms with Gasteiger partial charge >= 0.3 is 0 Å². The summed E-state index contributed by atoms with van der Waals surface area (Å²) < 4.78 is 0. The molecule has 1 atom stereocenters. The summed E-state index contributed by atoms with van der Waals surface area (Å²) in [5, 5.41) is 0. The number of likely N-dealkylation sites (tertiary alicyclic amines) is 1. The number of imidazole rings is 1. The van der Waals surface area contributed by atoms with Gasteiger partial charge in [-0.25, -0.2) is 4.98 Å². The Bertz CT molecular complexity index is 712. The molecule has 0 aromatic carbocycles. The standard InChI is InChI=1S/C22H32N4O/c27-21(18-7-4-8-18)26-12-9-19-20(24-16-23-19)22(26)10-13-25(14-11-22)15-17-5-2-1-3-6-17/h1-2,16-18H,3-15H2,(H,23,24). The van der Waals surface area contributed by atoms with Crippen molar-refractivity contribution in [2.75, 3.05) is 26.2 Å². The fraction of sp³-hybridized carbons (Fsp3) is 0.727. The molecule has 5 heteroatoms. The number of carbonyl (C=O) groups is 1. The Morgan fingerprint density at radius 1 is 1.19 bits per heavy atom. The second-order valence-corrected chi connectivity index (χ2v) is 9.08. The van der Waals surface area contributed by atoms with Gasteiger partial charge in [0.15, 0.2) is 0 Å². The molecule has 1 amide bonds. The van der Waals surface area contributed by atoms with Gasteiger partial charge in [-0.3, -0.25) is 4.79 Å². The molecule has 1 aromatic heterocycles. The van der Waals surface area contributed by atoms with E-state index in [2.05, 4.69) is 26.9 Å². The number of hydrogen-bond donors (Lipinski definition) is 1. The highest BCUT2D eigenvalue weighted by Crippen LogP contribution is 2.44. The van der Waals surface area contributed by atoms with Crippen molar-refractivity contribution in [1.29, 1.82) is 0 Å². The lowest BCUT2D eigenvalue weighted by Crippen LogP contribution is -2.60. The Balaban J connectivity index is 1.34. The van der Waals surface area contributed by atoms with Crippen LogP contribution in [0.25, 0.3) is 0 Å². The summed E-state index contributed by atoms with van der Waals surface area (Å²) in [4.78, 5) is 26.2. The molecule has 3 heterocycles. The van der Waals surface area contributed by atoms with Crippen LogP contribution >= 0.6 is 0 Å². The van der Waals surface area contributed by atoms with E-state index in [4.69, 9.17) is 4.98 Å². The van der Waals surface area contributed by atoms with Crippen LogP contribution in [-0.2, 0) is 16.8 Å². The second-order valence-electron chi connectivity index (χ2n) is 9.08. The zero-order chi connectivity index (χ0) is 18.3. The Labute approximate surface area is 162 Å². The number of aromatic amines is 1. The van der Waals surface area contributed by atoms with Crippen LogP contribution < -0.4 is 0 Å². The second kappa shape index (κ2) is 7.08. The fourth-order valence-electron chi connectivity index (χ4n) is 5.67. The molecule has 2 aliphatic carbocycles. The smallest absolute Gasteiger partial charge is 0.226 e. The van der Waals surface area contributed by atoms with Gasteiger partial charge in [-0.1, -0.05) is 18.6 Å². The number of allylic oxidation sites excluding steroid dienone is 2. The van der Waals surface area contributed by atoms with Gasteiger partial charge in [0.25, 0.3) is 0 Å². The lowest BCUT2D eigenvalue weighted by atomic mass is 9.76. The van der Waals surface area contributed by atoms with Crippen molar-refractivity contribution < 1.29 is 4.79 Å². The molecule has 5 rings (SSSR count). The zero-order valence-electron chi connectivity index (χ0n) is 16.3. The fourth-order valence-corrected chi connectivity index (χ4v) is 5.67. The minimum Gasteiger partial charge on any atom is -0.348 e. The van der Waals surface area contributed by atoms with E-state index in [9.17, 15) is 4.79 Å². The van der Waals surface area contributed by atoms with Crippen LogP contribution in [-0.4, -0.2) is 51.9 Å². The van der Waals surface area contributed by atoms with E-state index in [1.165, 1.54) is 43.6 Å². The zero-order valence-corrected chi connectivity index (χ0v) is 16.3. The molecule has 5 nitrogen and oxygen atoms in total. The van der Waals surface area contributed by atoms with Crippen LogP contribution in [0.1, 0.15) is 62.8 Å². The molecule has 1 saturated carbocycles. The van der Waals surface area contributed by atoms with Crippen LogP contribution in [0.3, 0.4) is 0 Å². The predicted molar refractivity (Wildman–Crippen MR) is 105 cm³/mol. The van der Waals surface area contributed by atoms with Crippen LogP contribution in [0.5, 0.6) is 0 Å². The van der Waals surface area contributed by atoms with E-state index in [0.717, 1.165) is 57.7 Å². The molecule has 2 fully saturated rings. The minimum absolute atomic E-state index is 0.163. The van der Waals surface area contributed by atoms with Crippen molar-refractivity contribution in [3.05, 3.63) is 29.9 Å². The third-order valence-corrected chi connectivity index (χ3v) is 7.56. The number of carbonyl (C=O) groups excluding carboxylic acids is 1. The molecule has 4 aliphatic rings. The van der Waals surface area contributed by atoms with Gasteiger partial charge in [-0.05, 0) is 50.9 Å². The molecule has 1 saturated heterocycles. The van der Waals surface area contributed by atoms with Gasteiger partial charge < -0.3 is 14.8 Å². The Morgan fingerprint density at radius 3 is 2.74 bits per heavy atom. The SMILES string of the molecule is O=C(C1CCC1)N1CCc2[nH]cnc2C12CCN(CC1CC=CCC1)CC2. The largest absolute Gasteiger partial charge is 0.348 e. The summed E-state index contributed by atoms with van der Waals surface area (Å²) in [7, 11) is 0. The molecule has 1 aromatic rings. The number of rotatable bonds is 3. The highest BCUT2D eigenvalue weighted by molar-refractivity contribution is 5.81. The number of hydrogen-bond acceptors (Lipinski definition) is 3. The maximum absolute atomic E-state index is 13.3. The van der Waals surface area contributed by atoms with Gasteiger partial charge in [0, 0.05) is 44.2 Å². The Hall–Kier alpha value is -1.62. The first-order valence-corrected chi connectivity index (χ1v) is 11.0. The first kappa shape index (κ1) is 17.5. The lowest BCUT2D eigenvalue weighted by Gasteiger charge is -2.52. The molecule has 2 aliphatic heterocycles. The normalized spacial score (nSPS) is 28.1. The van der Waals surface area contributed by atoms with E-state index in [1.807, 2.05) is 6.33 Å². The van der Waals surface area contributed by atoms with Gasteiger partial charge in [-0.2, -0.15) is 0 Å². The van der Waals surface area contributed by atoms with E-state index < -0.39 is 0 Å². The average molecular weight is 369 g/mol. The number of fused-ring (bicyclic) bond motifs is 2. The molecule has 146 valence electrons. The van der Waals surface area contributed by atoms with Gasteiger partial charge in [-0.15, -0.1) is 0 Å². The summed E-state index contributed by atoms with van der Waals surface area (Å²) in [6.45, 7) is 4.24. The van der Waals surface area contributed by atoms with Gasteiger partial charge in [0.1, 0.15) is 0 Å². The quantitative estimate of drug-likeness (QED) is 0.834. The van der Waals surface area contributed by atoms with Crippen molar-refractivity contribution in [2.24, 2.45) is 11.8 Å². The molecule has 0 radical (unpaired) electrons. The monoisotopic (exact) mass is 368 g/mol. The first-order valence-electron chi connectivity index (χ1n) is 11.0. The summed E-state index contributed by atoms with van der Waals surface area (Å²) in [5.41, 5.74) is 2.27. The Morgan fingerprint density at radius 2 is 2.04 bits per heavy atom. The lowest BCUT2D eigenvalue weighted by molar-refractivity contribution is -0.149. The third-order valence-electron chi connectivity index (χ3n) is 7.56. The van der Waals surface area contributed by atoms with Gasteiger partial charge in [0.05, 0.1) is 17.6 Å². The summed E-state index contributed by atoms with van der Waals surface area (Å²) in [6.07, 6.45) is 16.7. The number of piperidine rings is 1. The molecule has 27 heavy (non-hydrogen) atoms. The Kier molecular flexibility index (Phi) is 4.58. The molecule has 1 N–H and O–H groups in total. The van der Waals surface area contributed by atoms with Crippen LogP contribution in [0.2, 0.25) is 0 Å². The van der Waals surface area contributed by atoms with E-state index in [1.54, 1.807) is 0 Å². The van der Waals surface area contributed by atoms with Gasteiger partial charge in [0.2, 0.25) is 5.91 Å². The van der Waals surface area contributed by atoms with Crippen LogP contribution in [0.15, 0.2) is 18.5 Å². The molecular formula is C22H32N4O. The molecule has 0 bridgehead atoms. The van der Waals surface area contributed by atoms with E-state index in [-0.39, 0.29) is 11.5 Å². The first-order chi connectivity index (χ1) is 13.3. The molecule has 1 unspecified atom stereocenters. The van der Waals surface area contributed by atoms with Crippen molar-refractivity contribution in [3.8, 4) is 0 Å². The predicted octanol–water partition coefficient (Wildman–Crippen LogP) is 3.24. The van der Waals surface area contributed by atoms with Crippen LogP contribution in [0, 0.1) is 11.8 Å². The summed E-state index contributed by atoms with van der Waals surface area (Å²) in [5.74, 6) is 1.49. The molecular weight excluding hydrogens is 336 g/mol. The highest BCUT2D eigenvalue weighted by Gasteiger charge is 2.50. The summed E-state index contributed by atoms with van der Waals surface area (Å²) in [6, 6.07) is 0. The minimum atomic E-state index is -0.163. The van der Waals surface area contributed by atoms with Crippen molar-refractivity contribution in [2.45, 2.75) is 63.3 Å². The third kappa shape index (κ3) is 3.04. The summed E-state index contributed by atoms with van der Waals surface area (Å²) >= 11 is 0. The topological polar surface area (TPSA) is 52.2 Å². The van der Waals surface area contributed by atoms with E-state index >= 15 is 0 Å². The maximum Gasteiger partial charge on any atom is 0.226 e.